The van der Waals surface area contributed by atoms with Crippen molar-refractivity contribution in [1.29, 1.82) is 0 Å². The van der Waals surface area contributed by atoms with Gasteiger partial charge in [0.05, 0.1) is 6.54 Å². The molecule has 4 heteroatoms. The van der Waals surface area contributed by atoms with Crippen molar-refractivity contribution in [2.75, 3.05) is 6.54 Å². The van der Waals surface area contributed by atoms with Crippen LogP contribution in [0.25, 0.3) is 0 Å². The highest BCUT2D eigenvalue weighted by Crippen LogP contribution is 2.27. The molecule has 0 aromatic heterocycles. The normalized spacial score (nSPS) is 24.2. The smallest absolute Gasteiger partial charge is 0.253 e. The zero-order chi connectivity index (χ0) is 14.8. The maximum absolute atomic E-state index is 12.8. The first-order valence-electron chi connectivity index (χ1n) is 6.77. The number of nitrogens with zero attached hydrogens (tertiary/aromatic N) is 1. The largest absolute Gasteiger partial charge is 0.337 e. The maximum atomic E-state index is 12.8. The van der Waals surface area contributed by atoms with E-state index in [1.54, 1.807) is 17.9 Å². The number of carbonyl (C=O) groups excluding carboxylic acids is 2. The summed E-state index contributed by atoms with van der Waals surface area (Å²) >= 11 is 0. The highest BCUT2D eigenvalue weighted by atomic mass is 16.2. The quantitative estimate of drug-likeness (QED) is 0.850. The third-order valence-corrected chi connectivity index (χ3v) is 3.78. The number of rotatable bonds is 4. The molecule has 2 atom stereocenters. The van der Waals surface area contributed by atoms with Gasteiger partial charge < -0.3 is 10.2 Å². The third kappa shape index (κ3) is 2.46. The van der Waals surface area contributed by atoms with Crippen molar-refractivity contribution >= 4 is 11.8 Å². The fourth-order valence-electron chi connectivity index (χ4n) is 2.58. The zero-order valence-electron chi connectivity index (χ0n) is 11.9. The average molecular weight is 272 g/mol. The number of carbonyl (C=O) groups is 2. The number of hydrogen-bond donors (Lipinski definition) is 1. The Bertz CT molecular complexity index is 527. The van der Waals surface area contributed by atoms with Crippen LogP contribution < -0.4 is 5.32 Å². The summed E-state index contributed by atoms with van der Waals surface area (Å²) in [6, 6.07) is 9.31. The second-order valence-corrected chi connectivity index (χ2v) is 5.35. The van der Waals surface area contributed by atoms with Crippen molar-refractivity contribution in [3.8, 4) is 0 Å². The van der Waals surface area contributed by atoms with Crippen LogP contribution in [0.2, 0.25) is 0 Å². The van der Waals surface area contributed by atoms with Crippen LogP contribution in [0.1, 0.15) is 25.8 Å². The maximum Gasteiger partial charge on any atom is 0.253 e. The van der Waals surface area contributed by atoms with Gasteiger partial charge in [-0.25, -0.2) is 0 Å². The molecule has 106 valence electrons. The second kappa shape index (κ2) is 5.49. The van der Waals surface area contributed by atoms with Crippen molar-refractivity contribution in [2.45, 2.75) is 31.8 Å². The molecule has 1 heterocycles. The fourth-order valence-corrected chi connectivity index (χ4v) is 2.58. The zero-order valence-corrected chi connectivity index (χ0v) is 11.9. The van der Waals surface area contributed by atoms with E-state index >= 15 is 0 Å². The average Bonchev–Trinajstić information content (AvgIpc) is 2.44. The Morgan fingerprint density at radius 1 is 1.40 bits per heavy atom. The van der Waals surface area contributed by atoms with Gasteiger partial charge in [-0.1, -0.05) is 36.4 Å². The van der Waals surface area contributed by atoms with E-state index in [1.165, 1.54) is 0 Å². The number of piperazine rings is 1. The Balaban J connectivity index is 2.36. The lowest BCUT2D eigenvalue weighted by Crippen LogP contribution is -2.64. The van der Waals surface area contributed by atoms with Crippen molar-refractivity contribution < 1.29 is 9.59 Å². The van der Waals surface area contributed by atoms with Gasteiger partial charge in [-0.05, 0) is 25.8 Å². The minimum Gasteiger partial charge on any atom is -0.337 e. The molecule has 1 saturated heterocycles. The number of hydrogen-bond acceptors (Lipinski definition) is 2. The second-order valence-electron chi connectivity index (χ2n) is 5.35. The molecule has 1 fully saturated rings. The summed E-state index contributed by atoms with van der Waals surface area (Å²) in [5, 5.41) is 2.83. The Kier molecular flexibility index (Phi) is 3.93. The molecule has 0 bridgehead atoms. The van der Waals surface area contributed by atoms with E-state index in [2.05, 4.69) is 11.9 Å². The minimum absolute atomic E-state index is 0.0333. The first kappa shape index (κ1) is 14.3. The third-order valence-electron chi connectivity index (χ3n) is 3.78. The summed E-state index contributed by atoms with van der Waals surface area (Å²) in [5.41, 5.74) is -0.194. The Morgan fingerprint density at radius 2 is 2.05 bits per heavy atom. The molecule has 20 heavy (non-hydrogen) atoms. The van der Waals surface area contributed by atoms with Gasteiger partial charge in [0.1, 0.15) is 5.54 Å². The summed E-state index contributed by atoms with van der Waals surface area (Å²) < 4.78 is 0. The van der Waals surface area contributed by atoms with Crippen LogP contribution in [0, 0.1) is 0 Å². The predicted octanol–water partition coefficient (Wildman–Crippen LogP) is 1.82. The van der Waals surface area contributed by atoms with Gasteiger partial charge in [0.2, 0.25) is 5.91 Å². The van der Waals surface area contributed by atoms with E-state index in [4.69, 9.17) is 0 Å². The van der Waals surface area contributed by atoms with E-state index in [9.17, 15) is 9.59 Å². The topological polar surface area (TPSA) is 49.4 Å². The molecule has 1 aromatic rings. The Hall–Kier alpha value is -2.10. The van der Waals surface area contributed by atoms with Crippen LogP contribution in [0.3, 0.4) is 0 Å². The summed E-state index contributed by atoms with van der Waals surface area (Å²) in [5.74, 6) is -0.204. The van der Waals surface area contributed by atoms with Gasteiger partial charge in [0.15, 0.2) is 0 Å². The fraction of sp³-hybridized carbons (Fsp3) is 0.375. The molecule has 4 nitrogen and oxygen atoms in total. The first-order chi connectivity index (χ1) is 9.49. The Morgan fingerprint density at radius 3 is 2.65 bits per heavy atom. The number of benzene rings is 1. The van der Waals surface area contributed by atoms with Crippen molar-refractivity contribution in [3.05, 3.63) is 48.6 Å². The van der Waals surface area contributed by atoms with Crippen LogP contribution in [0.15, 0.2) is 43.0 Å². The minimum atomic E-state index is -0.994. The number of amides is 2. The molecule has 1 aliphatic heterocycles. The van der Waals surface area contributed by atoms with Crippen molar-refractivity contribution in [3.63, 3.8) is 0 Å². The van der Waals surface area contributed by atoms with Crippen LogP contribution in [0.4, 0.5) is 0 Å². The van der Waals surface area contributed by atoms with E-state index < -0.39 is 5.54 Å². The molecule has 2 rings (SSSR count). The Labute approximate surface area is 119 Å². The van der Waals surface area contributed by atoms with Gasteiger partial charge >= 0.3 is 0 Å². The molecule has 1 aliphatic rings. The monoisotopic (exact) mass is 272 g/mol. The molecule has 2 unspecified atom stereocenters. The van der Waals surface area contributed by atoms with Crippen LogP contribution in [-0.2, 0) is 15.1 Å². The highest BCUT2D eigenvalue weighted by Gasteiger charge is 2.45. The lowest BCUT2D eigenvalue weighted by molar-refractivity contribution is -0.151. The van der Waals surface area contributed by atoms with E-state index in [1.807, 2.05) is 37.3 Å². The molecule has 0 saturated carbocycles. The van der Waals surface area contributed by atoms with Gasteiger partial charge in [0, 0.05) is 6.04 Å². The van der Waals surface area contributed by atoms with Crippen LogP contribution in [0.5, 0.6) is 0 Å². The van der Waals surface area contributed by atoms with Crippen LogP contribution >= 0.6 is 0 Å². The van der Waals surface area contributed by atoms with Crippen molar-refractivity contribution in [1.82, 2.24) is 10.2 Å². The van der Waals surface area contributed by atoms with Gasteiger partial charge in [-0.3, -0.25) is 9.59 Å². The summed E-state index contributed by atoms with van der Waals surface area (Å²) in [7, 11) is 0. The molecule has 0 spiro atoms. The highest BCUT2D eigenvalue weighted by molar-refractivity contribution is 5.98. The SMILES string of the molecule is C=CCC(C)N1CC(=O)NC(C)(c2ccccc2)C1=O. The molecule has 0 radical (unpaired) electrons. The van der Waals surface area contributed by atoms with Crippen LogP contribution in [-0.4, -0.2) is 29.3 Å². The van der Waals surface area contributed by atoms with Gasteiger partial charge in [-0.15, -0.1) is 6.58 Å². The lowest BCUT2D eigenvalue weighted by Gasteiger charge is -2.42. The van der Waals surface area contributed by atoms with E-state index in [-0.39, 0.29) is 24.4 Å². The molecule has 1 N–H and O–H groups in total. The first-order valence-corrected chi connectivity index (χ1v) is 6.77. The lowest BCUT2D eigenvalue weighted by atomic mass is 9.88. The molecule has 2 amide bonds. The summed E-state index contributed by atoms with van der Waals surface area (Å²) in [6.45, 7) is 7.50. The van der Waals surface area contributed by atoms with E-state index in [0.29, 0.717) is 6.42 Å². The summed E-state index contributed by atoms with van der Waals surface area (Å²) in [6.07, 6.45) is 2.44. The standard InChI is InChI=1S/C16H20N2O2/c1-4-8-12(2)18-11-14(19)17-16(3,15(18)20)13-9-6-5-7-10-13/h4-7,9-10,12H,1,8,11H2,2-3H3,(H,17,19). The van der Waals surface area contributed by atoms with Gasteiger partial charge in [-0.2, -0.15) is 0 Å². The predicted molar refractivity (Wildman–Crippen MR) is 77.9 cm³/mol. The molecule has 1 aromatic carbocycles. The number of nitrogens with one attached hydrogen (secondary N) is 1. The van der Waals surface area contributed by atoms with Gasteiger partial charge in [0.25, 0.3) is 5.91 Å². The van der Waals surface area contributed by atoms with Crippen molar-refractivity contribution in [2.24, 2.45) is 0 Å². The molecular weight excluding hydrogens is 252 g/mol. The van der Waals surface area contributed by atoms with E-state index in [0.717, 1.165) is 5.56 Å². The molecule has 0 aliphatic carbocycles. The summed E-state index contributed by atoms with van der Waals surface area (Å²) in [4.78, 5) is 26.4. The molecular formula is C16H20N2O2.